The molecule has 10 nitrogen and oxygen atoms in total. The smallest absolute Gasteiger partial charge is 0.343 e. The van der Waals surface area contributed by atoms with Crippen molar-refractivity contribution in [3.8, 4) is 34.1 Å². The van der Waals surface area contributed by atoms with E-state index in [-0.39, 0.29) is 5.92 Å². The molecule has 0 N–H and O–H groups in total. The molecular formula is C56H68O10. The minimum atomic E-state index is -0.429. The van der Waals surface area contributed by atoms with Gasteiger partial charge in [-0.15, -0.1) is 0 Å². The van der Waals surface area contributed by atoms with E-state index in [9.17, 15) is 9.59 Å². The minimum absolute atomic E-state index is 0.00679. The Labute approximate surface area is 390 Å². The molecular weight excluding hydrogens is 833 g/mol. The highest BCUT2D eigenvalue weighted by molar-refractivity contribution is 5.92. The number of esters is 2. The molecule has 0 amide bonds. The van der Waals surface area contributed by atoms with Crippen molar-refractivity contribution >= 4 is 11.9 Å². The fourth-order valence-corrected chi connectivity index (χ4v) is 10.2. The number of carbonyl (C=O) groups excluding carboxylic acids is 2. The van der Waals surface area contributed by atoms with Gasteiger partial charge in [0.25, 0.3) is 0 Å². The Morgan fingerprint density at radius 1 is 0.530 bits per heavy atom. The first-order valence-electron chi connectivity index (χ1n) is 24.9. The van der Waals surface area contributed by atoms with Crippen molar-refractivity contribution in [2.45, 2.75) is 128 Å². The molecule has 4 aromatic rings. The van der Waals surface area contributed by atoms with Crippen LogP contribution in [0, 0.1) is 23.7 Å². The van der Waals surface area contributed by atoms with E-state index in [0.717, 1.165) is 98.7 Å². The van der Waals surface area contributed by atoms with E-state index in [2.05, 4.69) is 20.8 Å². The van der Waals surface area contributed by atoms with Gasteiger partial charge in [-0.25, -0.2) is 9.59 Å². The molecule has 0 spiro atoms. The third kappa shape index (κ3) is 12.4. The van der Waals surface area contributed by atoms with Crippen molar-refractivity contribution in [3.63, 3.8) is 0 Å². The molecule has 66 heavy (non-hydrogen) atoms. The average Bonchev–Trinajstić information content (AvgIpc) is 4.26. The SMILES string of the molecule is CC(CCCOCC1CCC2OC2C1)CCOc1ccc(C(=O)Oc2ccc3c(c2)C(C)c2cc(OC(=O)c4ccc(OCCC(C)CCCOCC5CCC6OC6C5)cc4)ccc2-3)cc1. The molecule has 9 rings (SSSR count). The summed E-state index contributed by atoms with van der Waals surface area (Å²) in [6.07, 6.45) is 15.6. The first-order chi connectivity index (χ1) is 32.2. The van der Waals surface area contributed by atoms with Crippen molar-refractivity contribution < 1.29 is 47.5 Å². The summed E-state index contributed by atoms with van der Waals surface area (Å²) in [5.41, 5.74) is 5.13. The van der Waals surface area contributed by atoms with Crippen molar-refractivity contribution in [1.29, 1.82) is 0 Å². The van der Waals surface area contributed by atoms with Gasteiger partial charge in [-0.05, 0) is 196 Å². The van der Waals surface area contributed by atoms with Crippen molar-refractivity contribution in [1.82, 2.24) is 0 Å². The summed E-state index contributed by atoms with van der Waals surface area (Å²) in [5, 5.41) is 0. The monoisotopic (exact) mass is 900 g/mol. The van der Waals surface area contributed by atoms with E-state index < -0.39 is 11.9 Å². The van der Waals surface area contributed by atoms with Crippen LogP contribution in [0.4, 0.5) is 0 Å². The fraction of sp³-hybridized carbons (Fsp3) is 0.536. The first kappa shape index (κ1) is 46.4. The summed E-state index contributed by atoms with van der Waals surface area (Å²) < 4.78 is 47.0. The second-order valence-corrected chi connectivity index (χ2v) is 19.8. The lowest BCUT2D eigenvalue weighted by molar-refractivity contribution is 0.0725. The molecule has 2 saturated heterocycles. The number of epoxide rings is 2. The lowest BCUT2D eigenvalue weighted by Gasteiger charge is -2.19. The number of hydrogen-bond acceptors (Lipinski definition) is 10. The third-order valence-corrected chi connectivity index (χ3v) is 14.5. The summed E-state index contributed by atoms with van der Waals surface area (Å²) >= 11 is 0. The van der Waals surface area contributed by atoms with Gasteiger partial charge in [0, 0.05) is 32.3 Å². The fourth-order valence-electron chi connectivity index (χ4n) is 10.2. The highest BCUT2D eigenvalue weighted by atomic mass is 16.6. The maximum atomic E-state index is 13.2. The van der Waals surface area contributed by atoms with E-state index >= 15 is 0 Å². The van der Waals surface area contributed by atoms with Crippen LogP contribution in [0.3, 0.4) is 0 Å². The summed E-state index contributed by atoms with van der Waals surface area (Å²) in [4.78, 5) is 26.4. The quantitative estimate of drug-likeness (QED) is 0.0291. The van der Waals surface area contributed by atoms with Gasteiger partial charge in [0.05, 0.1) is 48.8 Å². The summed E-state index contributed by atoms with van der Waals surface area (Å²) in [7, 11) is 0. The van der Waals surface area contributed by atoms with Crippen LogP contribution >= 0.6 is 0 Å². The van der Waals surface area contributed by atoms with Crippen LogP contribution in [0.2, 0.25) is 0 Å². The van der Waals surface area contributed by atoms with Crippen molar-refractivity contribution in [3.05, 3.63) is 107 Å². The molecule has 2 aliphatic heterocycles. The van der Waals surface area contributed by atoms with Gasteiger partial charge in [0.2, 0.25) is 0 Å². The second kappa shape index (κ2) is 21.9. The molecule has 8 atom stereocenters. The Kier molecular flexibility index (Phi) is 15.4. The summed E-state index contributed by atoms with van der Waals surface area (Å²) in [6.45, 7) is 11.2. The zero-order valence-electron chi connectivity index (χ0n) is 39.1. The molecule has 0 radical (unpaired) electrons. The van der Waals surface area contributed by atoms with E-state index in [1.54, 1.807) is 24.3 Å². The number of fused-ring (bicyclic) bond motifs is 5. The van der Waals surface area contributed by atoms with Crippen LogP contribution in [0.5, 0.6) is 23.0 Å². The van der Waals surface area contributed by atoms with Gasteiger partial charge in [0.15, 0.2) is 0 Å². The minimum Gasteiger partial charge on any atom is -0.494 e. The normalized spacial score (nSPS) is 24.2. The number of ether oxygens (including phenoxy) is 8. The highest BCUT2D eigenvalue weighted by Crippen LogP contribution is 2.47. The molecule has 0 aromatic heterocycles. The molecule has 2 heterocycles. The topological polar surface area (TPSA) is 115 Å². The molecule has 8 unspecified atom stereocenters. The summed E-state index contributed by atoms with van der Waals surface area (Å²) in [5.74, 6) is 3.97. The third-order valence-electron chi connectivity index (χ3n) is 14.5. The average molecular weight is 901 g/mol. The highest BCUT2D eigenvalue weighted by Gasteiger charge is 2.44. The van der Waals surface area contributed by atoms with Gasteiger partial charge >= 0.3 is 11.9 Å². The second-order valence-electron chi connectivity index (χ2n) is 19.8. The van der Waals surface area contributed by atoms with Crippen LogP contribution < -0.4 is 18.9 Å². The van der Waals surface area contributed by atoms with Gasteiger partial charge in [-0.3, -0.25) is 0 Å². The number of rotatable bonds is 24. The van der Waals surface area contributed by atoms with Crippen LogP contribution in [-0.4, -0.2) is 76.0 Å². The zero-order valence-corrected chi connectivity index (χ0v) is 39.1. The molecule has 0 bridgehead atoms. The lowest BCUT2D eigenvalue weighted by atomic mass is 9.90. The molecule has 10 heteroatoms. The van der Waals surface area contributed by atoms with Crippen LogP contribution in [-0.2, 0) is 18.9 Å². The number of carbonyl (C=O) groups is 2. The maximum Gasteiger partial charge on any atom is 0.343 e. The van der Waals surface area contributed by atoms with Gasteiger partial charge in [-0.1, -0.05) is 32.9 Å². The van der Waals surface area contributed by atoms with E-state index in [1.165, 1.54) is 38.5 Å². The van der Waals surface area contributed by atoms with Crippen molar-refractivity contribution in [2.24, 2.45) is 23.7 Å². The van der Waals surface area contributed by atoms with Crippen molar-refractivity contribution in [2.75, 3.05) is 39.6 Å². The van der Waals surface area contributed by atoms with Crippen LogP contribution in [0.1, 0.15) is 136 Å². The van der Waals surface area contributed by atoms with Gasteiger partial charge in [0.1, 0.15) is 23.0 Å². The van der Waals surface area contributed by atoms with E-state index in [1.807, 2.05) is 60.7 Å². The maximum absolute atomic E-state index is 13.2. The molecule has 4 aromatic carbocycles. The van der Waals surface area contributed by atoms with Gasteiger partial charge in [-0.2, -0.15) is 0 Å². The van der Waals surface area contributed by atoms with E-state index in [0.29, 0.717) is 83.9 Å². The Balaban J connectivity index is 0.661. The standard InChI is InChI=1S/C56H68O10/c1-36(6-4-26-59-34-39-8-22-51-53(30-39)65-51)24-28-61-43-14-10-41(11-15-43)55(57)63-45-18-20-47-48-21-19-46(33-50(48)38(3)49(47)32-45)64-56(58)42-12-16-44(17-13-42)62-29-25-37(2)7-5-27-60-35-40-9-23-52-54(31-40)66-52/h10-21,32-33,36-40,51-54H,4-9,22-31,34-35H2,1-3H3. The van der Waals surface area contributed by atoms with Crippen LogP contribution in [0.15, 0.2) is 84.9 Å². The van der Waals surface area contributed by atoms with Gasteiger partial charge < -0.3 is 37.9 Å². The predicted molar refractivity (Wildman–Crippen MR) is 253 cm³/mol. The predicted octanol–water partition coefficient (Wildman–Crippen LogP) is 11.8. The Morgan fingerprint density at radius 3 is 1.38 bits per heavy atom. The Morgan fingerprint density at radius 2 is 0.955 bits per heavy atom. The zero-order chi connectivity index (χ0) is 45.4. The number of hydrogen-bond donors (Lipinski definition) is 0. The molecule has 352 valence electrons. The Hall–Kier alpha value is -4.74. The largest absolute Gasteiger partial charge is 0.494 e. The van der Waals surface area contributed by atoms with E-state index in [4.69, 9.17) is 37.9 Å². The first-order valence-corrected chi connectivity index (χ1v) is 24.9. The molecule has 2 saturated carbocycles. The van der Waals surface area contributed by atoms with Crippen LogP contribution in [0.25, 0.3) is 11.1 Å². The molecule has 5 aliphatic rings. The number of benzene rings is 4. The summed E-state index contributed by atoms with van der Waals surface area (Å²) in [6, 6.07) is 25.8. The molecule has 3 aliphatic carbocycles. The molecule has 4 fully saturated rings. The lowest BCUT2D eigenvalue weighted by Crippen LogP contribution is -2.18. The Bertz CT molecular complexity index is 2080.